The van der Waals surface area contributed by atoms with Gasteiger partial charge >= 0.3 is 5.69 Å². The summed E-state index contributed by atoms with van der Waals surface area (Å²) in [4.78, 5) is 11.1. The molecule has 0 aliphatic heterocycles. The summed E-state index contributed by atoms with van der Waals surface area (Å²) in [5.41, 5.74) is 4.94. The molecule has 6 heteroatoms. The van der Waals surface area contributed by atoms with Crippen LogP contribution in [0.25, 0.3) is 0 Å². The van der Waals surface area contributed by atoms with Gasteiger partial charge in [0.15, 0.2) is 5.49 Å². The van der Waals surface area contributed by atoms with Crippen LogP contribution in [0, 0.1) is 12.3 Å². The Hall–Kier alpha value is -1.72. The zero-order valence-electron chi connectivity index (χ0n) is 6.83. The van der Waals surface area contributed by atoms with E-state index >= 15 is 0 Å². The zero-order chi connectivity index (χ0) is 9.46. The lowest BCUT2D eigenvalue weighted by atomic mass is 10.3. The molecular weight excluding hydrogens is 160 g/mol. The predicted octanol–water partition coefficient (Wildman–Crippen LogP) is -1.21. The average molecular weight is 170 g/mol. The van der Waals surface area contributed by atoms with Gasteiger partial charge in [-0.15, -0.1) is 4.73 Å². The van der Waals surface area contributed by atoms with Gasteiger partial charge in [0.25, 0.3) is 0 Å². The van der Waals surface area contributed by atoms with E-state index in [9.17, 15) is 4.79 Å². The van der Waals surface area contributed by atoms with E-state index in [0.29, 0.717) is 5.69 Å². The van der Waals surface area contributed by atoms with Gasteiger partial charge in [0, 0.05) is 12.7 Å². The summed E-state index contributed by atoms with van der Waals surface area (Å²) in [6, 6.07) is 0. The van der Waals surface area contributed by atoms with Gasteiger partial charge in [0.2, 0.25) is 0 Å². The molecule has 0 amide bonds. The number of nitrogens with one attached hydrogen (secondary N) is 1. The van der Waals surface area contributed by atoms with Crippen molar-refractivity contribution in [2.24, 2.45) is 7.05 Å². The van der Waals surface area contributed by atoms with Crippen LogP contribution in [0.15, 0.2) is 4.79 Å². The van der Waals surface area contributed by atoms with Crippen molar-refractivity contribution in [3.05, 3.63) is 21.7 Å². The fourth-order valence-corrected chi connectivity index (χ4v) is 0.847. The summed E-state index contributed by atoms with van der Waals surface area (Å²) in [6.07, 6.45) is 0. The van der Waals surface area contributed by atoms with Gasteiger partial charge in [-0.2, -0.15) is 0 Å². The number of aromatic nitrogens is 2. The molecule has 0 aromatic carbocycles. The number of anilines is 1. The molecule has 1 aromatic heterocycles. The van der Waals surface area contributed by atoms with Gasteiger partial charge in [-0.3, -0.25) is 9.98 Å². The molecule has 0 saturated carbocycles. The number of nitrogens with zero attached hydrogens (tertiary/aromatic N) is 2. The highest BCUT2D eigenvalue weighted by molar-refractivity contribution is 5.38. The molecule has 0 bridgehead atoms. The Bertz CT molecular complexity index is 391. The summed E-state index contributed by atoms with van der Waals surface area (Å²) >= 11 is 0. The third-order valence-corrected chi connectivity index (χ3v) is 1.83. The van der Waals surface area contributed by atoms with Gasteiger partial charge in [-0.05, 0) is 6.92 Å². The Morgan fingerprint density at radius 2 is 2.08 bits per heavy atom. The molecule has 6 nitrogen and oxygen atoms in total. The normalized spacial score (nSPS) is 10.2. The first kappa shape index (κ1) is 8.38. The highest BCUT2D eigenvalue weighted by atomic mass is 16.5. The van der Waals surface area contributed by atoms with Crippen LogP contribution in [0.4, 0.5) is 5.69 Å². The molecule has 0 unspecified atom stereocenters. The SMILES string of the molecule is Cc1c(N)c(=N)n(O)c(=O)n1C. The molecule has 1 rings (SSSR count). The summed E-state index contributed by atoms with van der Waals surface area (Å²) < 4.78 is 1.38. The van der Waals surface area contributed by atoms with Crippen molar-refractivity contribution in [1.29, 1.82) is 5.41 Å². The van der Waals surface area contributed by atoms with Crippen molar-refractivity contribution in [2.45, 2.75) is 6.92 Å². The third kappa shape index (κ3) is 0.884. The number of hydrogen-bond acceptors (Lipinski definition) is 4. The van der Waals surface area contributed by atoms with E-state index in [2.05, 4.69) is 0 Å². The van der Waals surface area contributed by atoms with Crippen molar-refractivity contribution < 1.29 is 5.21 Å². The minimum Gasteiger partial charge on any atom is -0.422 e. The molecule has 0 spiro atoms. The first-order valence-electron chi connectivity index (χ1n) is 3.28. The Balaban J connectivity index is 3.86. The smallest absolute Gasteiger partial charge is 0.362 e. The van der Waals surface area contributed by atoms with Crippen molar-refractivity contribution >= 4 is 5.69 Å². The van der Waals surface area contributed by atoms with Crippen molar-refractivity contribution in [3.8, 4) is 0 Å². The lowest BCUT2D eigenvalue weighted by Crippen LogP contribution is -2.40. The second-order valence-electron chi connectivity index (χ2n) is 2.50. The first-order valence-corrected chi connectivity index (χ1v) is 3.28. The van der Waals surface area contributed by atoms with Crippen LogP contribution >= 0.6 is 0 Å². The standard InChI is InChI=1S/C6H10N4O2/c1-3-4(7)5(8)10(12)6(11)9(3)2/h8,12H,7H2,1-2H3. The molecule has 0 saturated heterocycles. The van der Waals surface area contributed by atoms with E-state index in [4.69, 9.17) is 16.4 Å². The average Bonchev–Trinajstić information content (AvgIpc) is 2.08. The number of nitrogen functional groups attached to an aromatic ring is 1. The minimum absolute atomic E-state index is 0.0969. The van der Waals surface area contributed by atoms with E-state index < -0.39 is 5.69 Å². The van der Waals surface area contributed by atoms with Crippen LogP contribution in [0.3, 0.4) is 0 Å². The predicted molar refractivity (Wildman–Crippen MR) is 41.9 cm³/mol. The van der Waals surface area contributed by atoms with Crippen LogP contribution in [-0.4, -0.2) is 14.5 Å². The molecule has 4 N–H and O–H groups in total. The van der Waals surface area contributed by atoms with Gasteiger partial charge in [0.1, 0.15) is 0 Å². The summed E-state index contributed by atoms with van der Waals surface area (Å²) in [5.74, 6) is 0. The molecule has 12 heavy (non-hydrogen) atoms. The first-order chi connectivity index (χ1) is 5.46. The molecule has 1 heterocycles. The molecule has 0 radical (unpaired) electrons. The minimum atomic E-state index is -0.674. The van der Waals surface area contributed by atoms with Crippen molar-refractivity contribution in [2.75, 3.05) is 5.73 Å². The molecular formula is C6H10N4O2. The zero-order valence-corrected chi connectivity index (χ0v) is 6.83. The molecule has 0 aliphatic carbocycles. The van der Waals surface area contributed by atoms with Crippen LogP contribution in [0.5, 0.6) is 0 Å². The van der Waals surface area contributed by atoms with E-state index in [0.717, 1.165) is 0 Å². The maximum absolute atomic E-state index is 11.1. The molecule has 66 valence electrons. The number of nitrogens with two attached hydrogens (primary N) is 1. The van der Waals surface area contributed by atoms with E-state index in [-0.39, 0.29) is 15.9 Å². The van der Waals surface area contributed by atoms with Crippen molar-refractivity contribution in [1.82, 2.24) is 9.30 Å². The summed E-state index contributed by atoms with van der Waals surface area (Å²) in [5, 5.41) is 16.2. The van der Waals surface area contributed by atoms with Gasteiger partial charge in [0.05, 0.1) is 5.69 Å². The highest BCUT2D eigenvalue weighted by Gasteiger charge is 2.06. The Morgan fingerprint density at radius 3 is 2.58 bits per heavy atom. The second-order valence-corrected chi connectivity index (χ2v) is 2.50. The van der Waals surface area contributed by atoms with Crippen molar-refractivity contribution in [3.63, 3.8) is 0 Å². The molecule has 0 atom stereocenters. The Labute approximate surface area is 68.0 Å². The third-order valence-electron chi connectivity index (χ3n) is 1.83. The van der Waals surface area contributed by atoms with E-state index in [1.807, 2.05) is 0 Å². The molecule has 1 aromatic rings. The van der Waals surface area contributed by atoms with Crippen LogP contribution < -0.4 is 16.9 Å². The second kappa shape index (κ2) is 2.40. The van der Waals surface area contributed by atoms with Gasteiger partial charge in [-0.1, -0.05) is 0 Å². The maximum Gasteiger partial charge on any atom is 0.362 e. The van der Waals surface area contributed by atoms with Crippen LogP contribution in [-0.2, 0) is 7.05 Å². The van der Waals surface area contributed by atoms with E-state index in [1.54, 1.807) is 6.92 Å². The number of rotatable bonds is 0. The maximum atomic E-state index is 11.1. The number of hydrogen-bond donors (Lipinski definition) is 3. The fraction of sp³-hybridized carbons (Fsp3) is 0.333. The monoisotopic (exact) mass is 170 g/mol. The van der Waals surface area contributed by atoms with Gasteiger partial charge in [-0.25, -0.2) is 4.79 Å². The quantitative estimate of drug-likeness (QED) is 0.426. The molecule has 0 aliphatic rings. The van der Waals surface area contributed by atoms with E-state index in [1.165, 1.54) is 11.6 Å². The molecule has 0 fully saturated rings. The Kier molecular flexibility index (Phi) is 1.68. The largest absolute Gasteiger partial charge is 0.422 e. The lowest BCUT2D eigenvalue weighted by Gasteiger charge is -2.07. The van der Waals surface area contributed by atoms with Crippen LogP contribution in [0.2, 0.25) is 0 Å². The topological polar surface area (TPSA) is 97.0 Å². The Morgan fingerprint density at radius 1 is 1.58 bits per heavy atom. The lowest BCUT2D eigenvalue weighted by molar-refractivity contribution is 0.152. The summed E-state index contributed by atoms with van der Waals surface area (Å²) in [7, 11) is 1.47. The van der Waals surface area contributed by atoms with Crippen LogP contribution in [0.1, 0.15) is 5.69 Å². The summed E-state index contributed by atoms with van der Waals surface area (Å²) in [6.45, 7) is 1.61. The highest BCUT2D eigenvalue weighted by Crippen LogP contribution is 1.97. The van der Waals surface area contributed by atoms with Gasteiger partial charge < -0.3 is 10.9 Å². The fourth-order valence-electron chi connectivity index (χ4n) is 0.847.